The number of hydrogen-bond donors (Lipinski definition) is 2. The number of benzene rings is 3. The molecule has 4 rings (SSSR count). The maximum atomic E-state index is 14.1. The number of nitrogens with zero attached hydrogens (tertiary/aromatic N) is 1. The summed E-state index contributed by atoms with van der Waals surface area (Å²) in [6.45, 7) is 3.95. The third kappa shape index (κ3) is 4.92. The number of pyridine rings is 1. The highest BCUT2D eigenvalue weighted by Crippen LogP contribution is 2.21. The van der Waals surface area contributed by atoms with Crippen LogP contribution in [0.1, 0.15) is 22.3 Å². The molecule has 0 fully saturated rings. The van der Waals surface area contributed by atoms with Crippen LogP contribution in [0.25, 0.3) is 10.9 Å². The van der Waals surface area contributed by atoms with Crippen LogP contribution < -0.4 is 10.9 Å². The molecule has 1 aromatic heterocycles. The topological polar surface area (TPSA) is 65.2 Å². The fraction of sp³-hybridized carbons (Fsp3) is 0.154. The molecule has 0 bridgehead atoms. The zero-order valence-electron chi connectivity index (χ0n) is 18.3. The molecule has 0 saturated heterocycles. The first-order valence-corrected chi connectivity index (χ1v) is 10.5. The Labute approximate surface area is 189 Å². The van der Waals surface area contributed by atoms with E-state index in [1.54, 1.807) is 24.3 Å². The van der Waals surface area contributed by atoms with E-state index in [1.807, 2.05) is 26.0 Å². The lowest BCUT2D eigenvalue weighted by Gasteiger charge is -2.23. The van der Waals surface area contributed by atoms with Crippen molar-refractivity contribution >= 4 is 22.6 Å². The Balaban J connectivity index is 1.69. The zero-order valence-corrected chi connectivity index (χ0v) is 18.3. The molecule has 0 spiro atoms. The molecule has 0 aliphatic rings. The van der Waals surface area contributed by atoms with E-state index >= 15 is 0 Å². The molecule has 1 heterocycles. The highest BCUT2D eigenvalue weighted by Gasteiger charge is 2.19. The van der Waals surface area contributed by atoms with Crippen LogP contribution in [0.15, 0.2) is 71.5 Å². The Hall–Kier alpha value is -4.00. The quantitative estimate of drug-likeness (QED) is 0.415. The van der Waals surface area contributed by atoms with Gasteiger partial charge in [-0.25, -0.2) is 13.6 Å². The number of halogens is 2. The molecule has 0 atom stereocenters. The summed E-state index contributed by atoms with van der Waals surface area (Å²) >= 11 is 0. The van der Waals surface area contributed by atoms with E-state index in [2.05, 4.69) is 10.3 Å². The minimum Gasteiger partial charge on any atom is -0.321 e. The number of amides is 2. The average Bonchev–Trinajstić information content (AvgIpc) is 2.79. The molecular weight excluding hydrogens is 424 g/mol. The number of anilines is 1. The number of H-pyrrole nitrogens is 1. The van der Waals surface area contributed by atoms with E-state index in [0.29, 0.717) is 11.1 Å². The number of hydrogen-bond acceptors (Lipinski definition) is 2. The first-order valence-electron chi connectivity index (χ1n) is 10.5. The van der Waals surface area contributed by atoms with Gasteiger partial charge >= 0.3 is 6.03 Å². The number of fused-ring (bicyclic) bond motifs is 1. The third-order valence-corrected chi connectivity index (χ3v) is 5.57. The summed E-state index contributed by atoms with van der Waals surface area (Å²) in [6, 6.07) is 16.7. The Bertz CT molecular complexity index is 1380. The Kier molecular flexibility index (Phi) is 6.22. The summed E-state index contributed by atoms with van der Waals surface area (Å²) in [5, 5.41) is 3.45. The summed E-state index contributed by atoms with van der Waals surface area (Å²) < 4.78 is 27.5. The van der Waals surface area contributed by atoms with Crippen molar-refractivity contribution in [2.45, 2.75) is 26.9 Å². The van der Waals surface area contributed by atoms with Gasteiger partial charge in [0.05, 0.1) is 17.7 Å². The summed E-state index contributed by atoms with van der Waals surface area (Å²) in [5.74, 6) is -0.958. The number of rotatable bonds is 5. The van der Waals surface area contributed by atoms with Crippen LogP contribution in [0.3, 0.4) is 0 Å². The Morgan fingerprint density at radius 3 is 2.36 bits per heavy atom. The van der Waals surface area contributed by atoms with Crippen LogP contribution in [0.2, 0.25) is 0 Å². The highest BCUT2D eigenvalue weighted by molar-refractivity contribution is 5.89. The standard InChI is InChI=1S/C26H23F2N3O2/c1-16-7-8-17(2)24-21(16)13-19(25(32)30-24)15-31(14-18-9-11-20(27)12-10-18)26(33)29-23-6-4-3-5-22(23)28/h3-13H,14-15H2,1-2H3,(H,29,33)(H,30,32). The van der Waals surface area contributed by atoms with Gasteiger partial charge in [0.2, 0.25) is 0 Å². The number of aromatic nitrogens is 1. The molecule has 7 heteroatoms. The van der Waals surface area contributed by atoms with Gasteiger partial charge in [0.15, 0.2) is 0 Å². The first kappa shape index (κ1) is 22.2. The maximum absolute atomic E-state index is 14.1. The molecule has 33 heavy (non-hydrogen) atoms. The van der Waals surface area contributed by atoms with Gasteiger partial charge in [-0.05, 0) is 60.9 Å². The second kappa shape index (κ2) is 9.24. The smallest absolute Gasteiger partial charge is 0.321 e. The lowest BCUT2D eigenvalue weighted by molar-refractivity contribution is 0.206. The van der Waals surface area contributed by atoms with Crippen molar-refractivity contribution in [3.8, 4) is 0 Å². The molecule has 0 aliphatic heterocycles. The fourth-order valence-corrected chi connectivity index (χ4v) is 3.71. The molecule has 0 aliphatic carbocycles. The third-order valence-electron chi connectivity index (χ3n) is 5.57. The van der Waals surface area contributed by atoms with Crippen molar-refractivity contribution in [3.05, 3.63) is 111 Å². The van der Waals surface area contributed by atoms with Crippen molar-refractivity contribution in [1.29, 1.82) is 0 Å². The van der Waals surface area contributed by atoms with Crippen LogP contribution >= 0.6 is 0 Å². The van der Waals surface area contributed by atoms with Gasteiger partial charge in [-0.15, -0.1) is 0 Å². The second-order valence-corrected chi connectivity index (χ2v) is 8.00. The number of urea groups is 1. The molecule has 4 aromatic rings. The highest BCUT2D eigenvalue weighted by atomic mass is 19.1. The van der Waals surface area contributed by atoms with Crippen LogP contribution in [0.4, 0.5) is 19.3 Å². The van der Waals surface area contributed by atoms with Crippen LogP contribution in [0, 0.1) is 25.5 Å². The van der Waals surface area contributed by atoms with Crippen molar-refractivity contribution in [2.75, 3.05) is 5.32 Å². The molecule has 0 saturated carbocycles. The zero-order chi connectivity index (χ0) is 23.5. The fourth-order valence-electron chi connectivity index (χ4n) is 3.71. The van der Waals surface area contributed by atoms with Crippen molar-refractivity contribution in [2.24, 2.45) is 0 Å². The minimum absolute atomic E-state index is 0.0175. The maximum Gasteiger partial charge on any atom is 0.322 e. The van der Waals surface area contributed by atoms with Gasteiger partial charge < -0.3 is 15.2 Å². The van der Waals surface area contributed by atoms with Crippen LogP contribution in [0.5, 0.6) is 0 Å². The van der Waals surface area contributed by atoms with Gasteiger partial charge in [0.1, 0.15) is 11.6 Å². The Morgan fingerprint density at radius 1 is 0.939 bits per heavy atom. The van der Waals surface area contributed by atoms with E-state index in [9.17, 15) is 18.4 Å². The molecule has 168 valence electrons. The molecule has 3 aromatic carbocycles. The van der Waals surface area contributed by atoms with Crippen molar-refractivity contribution in [3.63, 3.8) is 0 Å². The number of carbonyl (C=O) groups is 1. The molecule has 0 radical (unpaired) electrons. The normalized spacial score (nSPS) is 10.9. The van der Waals surface area contributed by atoms with Gasteiger partial charge in [-0.3, -0.25) is 4.79 Å². The average molecular weight is 447 g/mol. The first-order chi connectivity index (χ1) is 15.8. The van der Waals surface area contributed by atoms with E-state index in [1.165, 1.54) is 35.2 Å². The molecule has 5 nitrogen and oxygen atoms in total. The number of nitrogens with one attached hydrogen (secondary N) is 2. The summed E-state index contributed by atoms with van der Waals surface area (Å²) in [4.78, 5) is 30.2. The van der Waals surface area contributed by atoms with E-state index in [-0.39, 0.29) is 24.3 Å². The predicted molar refractivity (Wildman–Crippen MR) is 125 cm³/mol. The monoisotopic (exact) mass is 447 g/mol. The van der Waals surface area contributed by atoms with Crippen molar-refractivity contribution in [1.82, 2.24) is 9.88 Å². The second-order valence-electron chi connectivity index (χ2n) is 8.00. The minimum atomic E-state index is -0.579. The number of carbonyl (C=O) groups excluding carboxylic acids is 1. The lowest BCUT2D eigenvalue weighted by atomic mass is 10.0. The lowest BCUT2D eigenvalue weighted by Crippen LogP contribution is -2.36. The molecule has 2 amide bonds. The van der Waals surface area contributed by atoms with Gasteiger partial charge in [0.25, 0.3) is 5.56 Å². The van der Waals surface area contributed by atoms with Gasteiger partial charge in [-0.1, -0.05) is 36.4 Å². The van der Waals surface area contributed by atoms with Gasteiger partial charge in [0, 0.05) is 17.5 Å². The van der Waals surface area contributed by atoms with E-state index in [4.69, 9.17) is 0 Å². The number of para-hydroxylation sites is 1. The summed E-state index contributed by atoms with van der Waals surface area (Å²) in [5.41, 5.74) is 3.48. The van der Waals surface area contributed by atoms with E-state index < -0.39 is 17.7 Å². The summed E-state index contributed by atoms with van der Waals surface area (Å²) in [7, 11) is 0. The van der Waals surface area contributed by atoms with Crippen LogP contribution in [-0.4, -0.2) is 15.9 Å². The molecule has 2 N–H and O–H groups in total. The van der Waals surface area contributed by atoms with Gasteiger partial charge in [-0.2, -0.15) is 0 Å². The van der Waals surface area contributed by atoms with Crippen molar-refractivity contribution < 1.29 is 13.6 Å². The molecule has 0 unspecified atom stereocenters. The SMILES string of the molecule is Cc1ccc(C)c2[nH]c(=O)c(CN(Cc3ccc(F)cc3)C(=O)Nc3ccccc3F)cc12. The Morgan fingerprint density at radius 2 is 1.64 bits per heavy atom. The number of aromatic amines is 1. The predicted octanol–water partition coefficient (Wildman–Crippen LogP) is 5.66. The molecular formula is C26H23F2N3O2. The van der Waals surface area contributed by atoms with Crippen LogP contribution in [-0.2, 0) is 13.1 Å². The summed E-state index contributed by atoms with van der Waals surface area (Å²) in [6.07, 6.45) is 0. The largest absolute Gasteiger partial charge is 0.322 e. The number of aryl methyl sites for hydroxylation is 2. The van der Waals surface area contributed by atoms with E-state index in [0.717, 1.165) is 22.0 Å².